The number of nitrogens with zero attached hydrogens (tertiary/aromatic N) is 2. The van der Waals surface area contributed by atoms with E-state index in [-0.39, 0.29) is 45.9 Å². The molecule has 4 rings (SSSR count). The number of carbonyl (C=O) groups excluding carboxylic acids is 1. The first kappa shape index (κ1) is 25.7. The van der Waals surface area contributed by atoms with E-state index in [2.05, 4.69) is 15.1 Å². The van der Waals surface area contributed by atoms with Gasteiger partial charge in [0.15, 0.2) is 5.69 Å². The van der Waals surface area contributed by atoms with Crippen LogP contribution in [0.2, 0.25) is 0 Å². The second-order valence-electron chi connectivity index (χ2n) is 8.13. The van der Waals surface area contributed by atoms with Gasteiger partial charge in [-0.05, 0) is 55.8 Å². The molecule has 0 atom stereocenters. The third-order valence-electron chi connectivity index (χ3n) is 5.39. The number of hydrogen-bond acceptors (Lipinski definition) is 7. The van der Waals surface area contributed by atoms with Gasteiger partial charge in [0, 0.05) is 18.2 Å². The van der Waals surface area contributed by atoms with E-state index in [0.717, 1.165) is 5.56 Å². The highest BCUT2D eigenvalue weighted by Gasteiger charge is 2.27. The molecule has 0 radical (unpaired) electrons. The first-order chi connectivity index (χ1) is 17.6. The lowest BCUT2D eigenvalue weighted by Gasteiger charge is -2.16. The Kier molecular flexibility index (Phi) is 7.14. The van der Waals surface area contributed by atoms with Crippen molar-refractivity contribution in [1.29, 1.82) is 0 Å². The first-order valence-corrected chi connectivity index (χ1v) is 12.6. The lowest BCUT2D eigenvalue weighted by atomic mass is 10.2. The smallest absolute Gasteiger partial charge is 0.356 e. The molecule has 0 unspecified atom stereocenters. The zero-order chi connectivity index (χ0) is 26.7. The minimum Gasteiger partial charge on any atom is -0.476 e. The van der Waals surface area contributed by atoms with Crippen molar-refractivity contribution in [1.82, 2.24) is 14.5 Å². The fraction of sp³-hybridized carbons (Fsp3) is 0.160. The Morgan fingerprint density at radius 1 is 1.11 bits per heavy atom. The summed E-state index contributed by atoms with van der Waals surface area (Å²) in [4.78, 5) is 23.2. The maximum atomic E-state index is 13.3. The summed E-state index contributed by atoms with van der Waals surface area (Å²) in [5, 5.41) is 16.4. The van der Waals surface area contributed by atoms with Gasteiger partial charge in [0.05, 0.1) is 18.5 Å². The van der Waals surface area contributed by atoms with Crippen molar-refractivity contribution in [2.75, 3.05) is 5.32 Å². The van der Waals surface area contributed by atoms with Gasteiger partial charge in [-0.1, -0.05) is 18.2 Å². The number of para-hydroxylation sites is 1. The quantitative estimate of drug-likeness (QED) is 0.297. The Morgan fingerprint density at radius 3 is 2.51 bits per heavy atom. The number of carboxylic acid groups (broad SMARTS) is 1. The van der Waals surface area contributed by atoms with Crippen molar-refractivity contribution < 1.29 is 32.3 Å². The average Bonchev–Trinajstić information content (AvgIpc) is 3.47. The number of benzene rings is 2. The highest BCUT2D eigenvalue weighted by molar-refractivity contribution is 7.89. The maximum absolute atomic E-state index is 13.3. The molecule has 0 fully saturated rings. The molecule has 0 aliphatic rings. The SMILES string of the molecule is CC(=O)Nc1ccc(Oc2c(C)c(C(=O)O)nn2-c2ccccc2C)c(S(=O)(=O)NCc2ccco2)c1. The normalized spacial score (nSPS) is 11.3. The number of sulfonamides is 1. The molecule has 192 valence electrons. The van der Waals surface area contributed by atoms with E-state index in [0.29, 0.717) is 11.4 Å². The summed E-state index contributed by atoms with van der Waals surface area (Å²) < 4.78 is 41.7. The topological polar surface area (TPSA) is 153 Å². The predicted octanol–water partition coefficient (Wildman–Crippen LogP) is 4.01. The van der Waals surface area contributed by atoms with E-state index < -0.39 is 16.0 Å². The molecule has 12 heteroatoms. The van der Waals surface area contributed by atoms with Gasteiger partial charge in [0.25, 0.3) is 0 Å². The Labute approximate surface area is 212 Å². The summed E-state index contributed by atoms with van der Waals surface area (Å²) >= 11 is 0. The third kappa shape index (κ3) is 5.55. The Morgan fingerprint density at radius 2 is 1.86 bits per heavy atom. The molecule has 3 N–H and O–H groups in total. The molecule has 2 aromatic heterocycles. The van der Waals surface area contributed by atoms with Crippen LogP contribution in [0.5, 0.6) is 11.6 Å². The van der Waals surface area contributed by atoms with Crippen LogP contribution in [0.25, 0.3) is 5.69 Å². The molecule has 0 spiro atoms. The number of amides is 1. The third-order valence-corrected chi connectivity index (χ3v) is 6.81. The van der Waals surface area contributed by atoms with Gasteiger partial charge in [-0.2, -0.15) is 9.78 Å². The molecule has 2 aromatic carbocycles. The van der Waals surface area contributed by atoms with Crippen LogP contribution in [0.15, 0.2) is 70.2 Å². The Hall–Kier alpha value is -4.42. The Bertz CT molecular complexity index is 1570. The highest BCUT2D eigenvalue weighted by atomic mass is 32.2. The van der Waals surface area contributed by atoms with E-state index >= 15 is 0 Å². The Balaban J connectivity index is 1.82. The molecule has 0 saturated carbocycles. The summed E-state index contributed by atoms with van der Waals surface area (Å²) in [5.74, 6) is -1.33. The summed E-state index contributed by atoms with van der Waals surface area (Å²) in [6.07, 6.45) is 1.42. The molecular weight excluding hydrogens is 500 g/mol. The molecule has 0 aliphatic heterocycles. The van der Waals surface area contributed by atoms with E-state index in [1.807, 2.05) is 19.1 Å². The molecule has 4 aromatic rings. The number of ether oxygens (including phenoxy) is 1. The summed E-state index contributed by atoms with van der Waals surface area (Å²) in [6, 6.07) is 14.5. The van der Waals surface area contributed by atoms with Crippen LogP contribution >= 0.6 is 0 Å². The van der Waals surface area contributed by atoms with Gasteiger partial charge in [-0.15, -0.1) is 0 Å². The van der Waals surface area contributed by atoms with E-state index in [1.165, 1.54) is 43.0 Å². The van der Waals surface area contributed by atoms with Gasteiger partial charge >= 0.3 is 5.97 Å². The summed E-state index contributed by atoms with van der Waals surface area (Å²) in [6.45, 7) is 4.52. The zero-order valence-electron chi connectivity index (χ0n) is 20.2. The summed E-state index contributed by atoms with van der Waals surface area (Å²) in [5.41, 5.74) is 1.54. The second-order valence-corrected chi connectivity index (χ2v) is 9.87. The number of aromatic carboxylic acids is 1. The van der Waals surface area contributed by atoms with E-state index in [1.54, 1.807) is 24.3 Å². The number of aryl methyl sites for hydroxylation is 1. The van der Waals surface area contributed by atoms with Crippen LogP contribution in [0.4, 0.5) is 5.69 Å². The van der Waals surface area contributed by atoms with E-state index in [4.69, 9.17) is 9.15 Å². The molecule has 1 amide bonds. The molecule has 0 saturated heterocycles. The predicted molar refractivity (Wildman–Crippen MR) is 134 cm³/mol. The van der Waals surface area contributed by atoms with Gasteiger partial charge in [0.1, 0.15) is 16.4 Å². The molecule has 2 heterocycles. The van der Waals surface area contributed by atoms with Crippen molar-refractivity contribution in [3.05, 3.63) is 83.4 Å². The van der Waals surface area contributed by atoms with Crippen molar-refractivity contribution in [2.45, 2.75) is 32.2 Å². The molecule has 37 heavy (non-hydrogen) atoms. The number of carbonyl (C=O) groups is 2. The number of rotatable bonds is 9. The molecular formula is C25H24N4O7S. The first-order valence-electron chi connectivity index (χ1n) is 11.1. The van der Waals surface area contributed by atoms with Crippen molar-refractivity contribution in [3.8, 4) is 17.3 Å². The van der Waals surface area contributed by atoms with Gasteiger partial charge in [-0.3, -0.25) is 4.79 Å². The minimum atomic E-state index is -4.19. The molecule has 0 bridgehead atoms. The van der Waals surface area contributed by atoms with Crippen LogP contribution in [0.3, 0.4) is 0 Å². The van der Waals surface area contributed by atoms with Crippen molar-refractivity contribution in [2.24, 2.45) is 0 Å². The van der Waals surface area contributed by atoms with Crippen molar-refractivity contribution in [3.63, 3.8) is 0 Å². The van der Waals surface area contributed by atoms with Crippen molar-refractivity contribution >= 4 is 27.6 Å². The number of carboxylic acids is 1. The number of furan rings is 1. The largest absolute Gasteiger partial charge is 0.476 e. The minimum absolute atomic E-state index is 0.0291. The lowest BCUT2D eigenvalue weighted by Crippen LogP contribution is -2.24. The number of hydrogen-bond donors (Lipinski definition) is 3. The van der Waals surface area contributed by atoms with Crippen LogP contribution in [-0.2, 0) is 21.4 Å². The van der Waals surface area contributed by atoms with Crippen LogP contribution in [0.1, 0.15) is 34.3 Å². The summed E-state index contributed by atoms with van der Waals surface area (Å²) in [7, 11) is -4.19. The zero-order valence-corrected chi connectivity index (χ0v) is 21.0. The monoisotopic (exact) mass is 524 g/mol. The van der Waals surface area contributed by atoms with Gasteiger partial charge < -0.3 is 19.6 Å². The highest BCUT2D eigenvalue weighted by Crippen LogP contribution is 2.35. The van der Waals surface area contributed by atoms with Crippen LogP contribution in [-0.4, -0.2) is 35.2 Å². The lowest BCUT2D eigenvalue weighted by molar-refractivity contribution is -0.114. The maximum Gasteiger partial charge on any atom is 0.356 e. The van der Waals surface area contributed by atoms with Crippen LogP contribution in [0, 0.1) is 13.8 Å². The fourth-order valence-corrected chi connectivity index (χ4v) is 4.76. The van der Waals surface area contributed by atoms with E-state index in [9.17, 15) is 23.1 Å². The number of aromatic nitrogens is 2. The average molecular weight is 525 g/mol. The second kappa shape index (κ2) is 10.3. The van der Waals surface area contributed by atoms with Crippen LogP contribution < -0.4 is 14.8 Å². The fourth-order valence-electron chi connectivity index (χ4n) is 3.61. The standard InChI is InChI=1S/C25H24N4O7S/c1-15-7-4-5-9-20(15)29-24(16(2)23(28-29)25(31)32)36-21-11-10-18(27-17(3)30)13-22(21)37(33,34)26-14-19-8-6-12-35-19/h4-13,26H,14H2,1-3H3,(H,27,30)(H,31,32). The van der Waals surface area contributed by atoms with Gasteiger partial charge in [-0.25, -0.2) is 17.9 Å². The molecule has 11 nitrogen and oxygen atoms in total. The number of anilines is 1. The molecule has 0 aliphatic carbocycles. The number of nitrogens with one attached hydrogen (secondary N) is 2. The van der Waals surface area contributed by atoms with Gasteiger partial charge in [0.2, 0.25) is 21.8 Å².